The number of amides is 1. The molecule has 5 nitrogen and oxygen atoms in total. The Hall–Kier alpha value is -0.950. The molecule has 0 fully saturated rings. The first kappa shape index (κ1) is 15.1. The SMILES string of the molecule is CC(=O)NC(c1ccc(C)cc1)C(Br)(Br)[N+](=O)[O-]. The Morgan fingerprint density at radius 1 is 1.39 bits per heavy atom. The monoisotopic (exact) mass is 378 g/mol. The highest BCUT2D eigenvalue weighted by molar-refractivity contribution is 9.25. The van der Waals surface area contributed by atoms with E-state index in [4.69, 9.17) is 0 Å². The summed E-state index contributed by atoms with van der Waals surface area (Å²) in [6, 6.07) is 6.35. The van der Waals surface area contributed by atoms with Crippen LogP contribution in [-0.4, -0.2) is 14.2 Å². The van der Waals surface area contributed by atoms with Crippen molar-refractivity contribution in [1.82, 2.24) is 5.32 Å². The van der Waals surface area contributed by atoms with Crippen molar-refractivity contribution >= 4 is 37.8 Å². The number of benzene rings is 1. The predicted molar refractivity (Wildman–Crippen MR) is 75.3 cm³/mol. The minimum absolute atomic E-state index is 0.342. The summed E-state index contributed by atoms with van der Waals surface area (Å²) in [6.07, 6.45) is 0. The molecule has 1 unspecified atom stereocenters. The molecule has 1 N–H and O–H groups in total. The van der Waals surface area contributed by atoms with E-state index in [1.165, 1.54) is 6.92 Å². The third kappa shape index (κ3) is 3.52. The molecule has 98 valence electrons. The molecule has 0 radical (unpaired) electrons. The normalized spacial score (nSPS) is 12.9. The van der Waals surface area contributed by atoms with Gasteiger partial charge in [0.25, 0.3) is 0 Å². The molecule has 0 aliphatic rings. The zero-order valence-electron chi connectivity index (χ0n) is 9.81. The summed E-state index contributed by atoms with van der Waals surface area (Å²) >= 11 is 6.00. The molecular formula is C11H12Br2N2O3. The standard InChI is InChI=1S/C11H12Br2N2O3/c1-7-3-5-9(6-4-7)10(14-8(2)16)11(12,13)15(17)18/h3-6,10H,1-2H3,(H,14,16). The number of hydrogen-bond acceptors (Lipinski definition) is 3. The molecule has 1 aromatic rings. The number of nitro groups is 1. The third-order valence-electron chi connectivity index (χ3n) is 2.35. The van der Waals surface area contributed by atoms with Gasteiger partial charge in [-0.3, -0.25) is 14.9 Å². The zero-order valence-corrected chi connectivity index (χ0v) is 13.0. The average molecular weight is 380 g/mol. The summed E-state index contributed by atoms with van der Waals surface area (Å²) in [4.78, 5) is 21.7. The van der Waals surface area contributed by atoms with Crippen molar-refractivity contribution in [3.05, 3.63) is 45.5 Å². The third-order valence-corrected chi connectivity index (χ3v) is 3.84. The molecule has 0 aliphatic carbocycles. The van der Waals surface area contributed by atoms with Gasteiger partial charge in [0.05, 0.1) is 4.92 Å². The Labute approximate surface area is 121 Å². The fraction of sp³-hybridized carbons (Fsp3) is 0.364. The number of nitrogens with one attached hydrogen (secondary N) is 1. The Kier molecular flexibility index (Phi) is 4.86. The van der Waals surface area contributed by atoms with Crippen LogP contribution in [0.15, 0.2) is 24.3 Å². The molecular weight excluding hydrogens is 368 g/mol. The summed E-state index contributed by atoms with van der Waals surface area (Å²) in [7, 11) is 0. The van der Waals surface area contributed by atoms with Crippen LogP contribution in [0.4, 0.5) is 0 Å². The Morgan fingerprint density at radius 3 is 2.28 bits per heavy atom. The van der Waals surface area contributed by atoms with E-state index in [-0.39, 0.29) is 5.91 Å². The Balaban J connectivity index is 3.17. The van der Waals surface area contributed by atoms with Gasteiger partial charge in [0, 0.05) is 38.8 Å². The molecule has 7 heteroatoms. The maximum absolute atomic E-state index is 11.2. The van der Waals surface area contributed by atoms with Crippen LogP contribution in [0.25, 0.3) is 0 Å². The van der Waals surface area contributed by atoms with Crippen molar-refractivity contribution in [2.75, 3.05) is 0 Å². The largest absolute Gasteiger partial charge is 0.350 e. The van der Waals surface area contributed by atoms with Crippen LogP contribution >= 0.6 is 31.9 Å². The van der Waals surface area contributed by atoms with Crippen LogP contribution in [0.1, 0.15) is 24.1 Å². The molecule has 0 spiro atoms. The summed E-state index contributed by atoms with van der Waals surface area (Å²) in [5.41, 5.74) is 1.68. The zero-order chi connectivity index (χ0) is 13.9. The number of hydrogen-bond donors (Lipinski definition) is 1. The summed E-state index contributed by atoms with van der Waals surface area (Å²) in [5, 5.41) is 13.6. The van der Waals surface area contributed by atoms with Crippen molar-refractivity contribution in [2.45, 2.75) is 23.2 Å². The van der Waals surface area contributed by atoms with E-state index in [0.29, 0.717) is 5.56 Å². The average Bonchev–Trinajstić information content (AvgIpc) is 2.26. The van der Waals surface area contributed by atoms with Gasteiger partial charge in [-0.15, -0.1) is 0 Å². The summed E-state index contributed by atoms with van der Waals surface area (Å²) < 4.78 is -1.64. The van der Waals surface area contributed by atoms with E-state index >= 15 is 0 Å². The Morgan fingerprint density at radius 2 is 1.89 bits per heavy atom. The van der Waals surface area contributed by atoms with Gasteiger partial charge < -0.3 is 5.32 Å². The number of rotatable bonds is 4. The maximum Gasteiger partial charge on any atom is 0.350 e. The van der Waals surface area contributed by atoms with Crippen molar-refractivity contribution < 1.29 is 9.72 Å². The fourth-order valence-electron chi connectivity index (χ4n) is 1.44. The van der Waals surface area contributed by atoms with E-state index in [2.05, 4.69) is 37.2 Å². The van der Waals surface area contributed by atoms with Crippen LogP contribution < -0.4 is 5.32 Å². The van der Waals surface area contributed by atoms with Gasteiger partial charge in [-0.2, -0.15) is 0 Å². The van der Waals surface area contributed by atoms with Gasteiger partial charge in [-0.05, 0) is 12.5 Å². The van der Waals surface area contributed by atoms with Crippen molar-refractivity contribution in [3.63, 3.8) is 0 Å². The minimum atomic E-state index is -1.64. The highest BCUT2D eigenvalue weighted by Gasteiger charge is 2.47. The van der Waals surface area contributed by atoms with Gasteiger partial charge in [0.1, 0.15) is 6.04 Å². The maximum atomic E-state index is 11.2. The number of aryl methyl sites for hydroxylation is 1. The molecule has 0 saturated carbocycles. The lowest BCUT2D eigenvalue weighted by atomic mass is 10.1. The van der Waals surface area contributed by atoms with Gasteiger partial charge in [0.2, 0.25) is 5.91 Å². The first-order valence-electron chi connectivity index (χ1n) is 5.11. The van der Waals surface area contributed by atoms with Crippen LogP contribution in [-0.2, 0) is 4.79 Å². The summed E-state index contributed by atoms with van der Waals surface area (Å²) in [6.45, 7) is 3.23. The predicted octanol–water partition coefficient (Wildman–Crippen LogP) is 2.89. The molecule has 0 aromatic heterocycles. The number of nitrogens with zero attached hydrogens (tertiary/aromatic N) is 1. The molecule has 1 atom stereocenters. The van der Waals surface area contributed by atoms with Crippen molar-refractivity contribution in [3.8, 4) is 0 Å². The van der Waals surface area contributed by atoms with Gasteiger partial charge in [0.15, 0.2) is 0 Å². The molecule has 0 heterocycles. The summed E-state index contributed by atoms with van der Waals surface area (Å²) in [5.74, 6) is -0.342. The molecule has 0 bridgehead atoms. The second kappa shape index (κ2) is 5.79. The number of halogens is 2. The number of alkyl halides is 2. The molecule has 1 aromatic carbocycles. The second-order valence-corrected chi connectivity index (χ2v) is 7.37. The van der Waals surface area contributed by atoms with Crippen LogP contribution in [0.5, 0.6) is 0 Å². The lowest BCUT2D eigenvalue weighted by Gasteiger charge is -2.24. The molecule has 1 rings (SSSR count). The van der Waals surface area contributed by atoms with E-state index in [0.717, 1.165) is 5.56 Å². The van der Waals surface area contributed by atoms with Gasteiger partial charge in [-0.25, -0.2) is 0 Å². The topological polar surface area (TPSA) is 72.2 Å². The molecule has 1 amide bonds. The van der Waals surface area contributed by atoms with Gasteiger partial charge in [-0.1, -0.05) is 29.8 Å². The number of carbonyl (C=O) groups is 1. The second-order valence-electron chi connectivity index (χ2n) is 3.89. The fourth-order valence-corrected chi connectivity index (χ4v) is 2.20. The van der Waals surface area contributed by atoms with Crippen LogP contribution in [0, 0.1) is 17.0 Å². The van der Waals surface area contributed by atoms with Crippen LogP contribution in [0.2, 0.25) is 0 Å². The van der Waals surface area contributed by atoms with E-state index < -0.39 is 14.3 Å². The highest BCUT2D eigenvalue weighted by Crippen LogP contribution is 2.40. The lowest BCUT2D eigenvalue weighted by Crippen LogP contribution is -2.42. The highest BCUT2D eigenvalue weighted by atomic mass is 79.9. The Bertz CT molecular complexity index is 460. The first-order valence-corrected chi connectivity index (χ1v) is 6.69. The number of carbonyl (C=O) groups excluding carboxylic acids is 1. The molecule has 0 aliphatic heterocycles. The first-order chi connectivity index (χ1) is 8.25. The smallest absolute Gasteiger partial charge is 0.341 e. The minimum Gasteiger partial charge on any atom is -0.341 e. The van der Waals surface area contributed by atoms with Gasteiger partial charge >= 0.3 is 3.36 Å². The lowest BCUT2D eigenvalue weighted by molar-refractivity contribution is -0.509. The quantitative estimate of drug-likeness (QED) is 0.378. The van der Waals surface area contributed by atoms with E-state index in [1.54, 1.807) is 12.1 Å². The van der Waals surface area contributed by atoms with Crippen molar-refractivity contribution in [2.24, 2.45) is 0 Å². The molecule has 18 heavy (non-hydrogen) atoms. The van der Waals surface area contributed by atoms with Crippen molar-refractivity contribution in [1.29, 1.82) is 0 Å². The van der Waals surface area contributed by atoms with E-state index in [1.807, 2.05) is 19.1 Å². The van der Waals surface area contributed by atoms with E-state index in [9.17, 15) is 14.9 Å². The van der Waals surface area contributed by atoms with Crippen LogP contribution in [0.3, 0.4) is 0 Å². The molecule has 0 saturated heterocycles.